The lowest BCUT2D eigenvalue weighted by Gasteiger charge is -2.29. The quantitative estimate of drug-likeness (QED) is 0.734. The number of nitrogens with one attached hydrogen (secondary N) is 2. The summed E-state index contributed by atoms with van der Waals surface area (Å²) in [7, 11) is 0. The number of aromatic carboxylic acids is 1. The number of benzene rings is 1. The number of carboxylic acid groups (broad SMARTS) is 1. The molecular weight excluding hydrogens is 351 g/mol. The summed E-state index contributed by atoms with van der Waals surface area (Å²) < 4.78 is 14.0. The molecule has 2 saturated carbocycles. The Balaban J connectivity index is 1.48. The van der Waals surface area contributed by atoms with Gasteiger partial charge in [-0.05, 0) is 56.7 Å². The van der Waals surface area contributed by atoms with Crippen LogP contribution in [-0.2, 0) is 9.59 Å². The van der Waals surface area contributed by atoms with Gasteiger partial charge in [-0.3, -0.25) is 9.59 Å². The fourth-order valence-corrected chi connectivity index (χ4v) is 3.99. The molecule has 2 fully saturated rings. The lowest BCUT2D eigenvalue weighted by molar-refractivity contribution is -0.125. The second-order valence-electron chi connectivity index (χ2n) is 7.53. The zero-order chi connectivity index (χ0) is 19.4. The predicted molar refractivity (Wildman–Crippen MR) is 97.8 cm³/mol. The number of hydrogen-bond donors (Lipinski definition) is 3. The average molecular weight is 376 g/mol. The molecule has 0 atom stereocenters. The van der Waals surface area contributed by atoms with Gasteiger partial charge in [-0.2, -0.15) is 0 Å². The zero-order valence-electron chi connectivity index (χ0n) is 15.2. The first-order valence-corrected chi connectivity index (χ1v) is 9.58. The Bertz CT molecular complexity index is 723. The molecule has 146 valence electrons. The summed E-state index contributed by atoms with van der Waals surface area (Å²) in [6.45, 7) is 0. The third-order valence-electron chi connectivity index (χ3n) is 5.64. The van der Waals surface area contributed by atoms with Crippen molar-refractivity contribution < 1.29 is 23.9 Å². The molecule has 0 unspecified atom stereocenters. The van der Waals surface area contributed by atoms with Crippen LogP contribution in [0, 0.1) is 17.7 Å². The molecule has 6 nitrogen and oxygen atoms in total. The summed E-state index contributed by atoms with van der Waals surface area (Å²) in [5.74, 6) is -2.20. The molecule has 0 aliphatic heterocycles. The van der Waals surface area contributed by atoms with E-state index in [0.717, 1.165) is 44.6 Å². The highest BCUT2D eigenvalue weighted by atomic mass is 19.1. The van der Waals surface area contributed by atoms with Crippen LogP contribution in [0.25, 0.3) is 0 Å². The molecule has 0 heterocycles. The van der Waals surface area contributed by atoms with Crippen molar-refractivity contribution in [2.45, 2.75) is 57.4 Å². The third-order valence-corrected chi connectivity index (χ3v) is 5.64. The van der Waals surface area contributed by atoms with Crippen LogP contribution in [0.5, 0.6) is 0 Å². The smallest absolute Gasteiger partial charge is 0.335 e. The van der Waals surface area contributed by atoms with Crippen molar-refractivity contribution in [1.29, 1.82) is 0 Å². The van der Waals surface area contributed by atoms with E-state index in [1.54, 1.807) is 0 Å². The second kappa shape index (κ2) is 8.50. The van der Waals surface area contributed by atoms with Crippen molar-refractivity contribution in [3.8, 4) is 0 Å². The van der Waals surface area contributed by atoms with Crippen molar-refractivity contribution in [1.82, 2.24) is 5.32 Å². The summed E-state index contributed by atoms with van der Waals surface area (Å²) in [5.41, 5.74) is -0.175. The Morgan fingerprint density at radius 1 is 0.926 bits per heavy atom. The van der Waals surface area contributed by atoms with Gasteiger partial charge in [-0.1, -0.05) is 12.8 Å². The fourth-order valence-electron chi connectivity index (χ4n) is 3.99. The number of carbonyl (C=O) groups excluding carboxylic acids is 2. The Hall–Kier alpha value is -2.44. The molecule has 27 heavy (non-hydrogen) atoms. The lowest BCUT2D eigenvalue weighted by Crippen LogP contribution is -2.41. The number of amides is 2. The first-order chi connectivity index (χ1) is 12.9. The molecule has 7 heteroatoms. The number of anilines is 1. The number of carbonyl (C=O) groups is 3. The minimum absolute atomic E-state index is 0.0124. The summed E-state index contributed by atoms with van der Waals surface area (Å²) in [6.07, 6.45) is 6.91. The van der Waals surface area contributed by atoms with Gasteiger partial charge in [-0.15, -0.1) is 0 Å². The van der Waals surface area contributed by atoms with Gasteiger partial charge in [0.2, 0.25) is 11.8 Å². The molecule has 3 N–H and O–H groups in total. The van der Waals surface area contributed by atoms with E-state index < -0.39 is 11.8 Å². The summed E-state index contributed by atoms with van der Waals surface area (Å²) in [5, 5.41) is 14.5. The maximum absolute atomic E-state index is 14.0. The summed E-state index contributed by atoms with van der Waals surface area (Å²) in [6, 6.07) is 3.53. The van der Waals surface area contributed by atoms with Gasteiger partial charge in [0.15, 0.2) is 0 Å². The highest BCUT2D eigenvalue weighted by Gasteiger charge is 2.30. The van der Waals surface area contributed by atoms with E-state index in [-0.39, 0.29) is 40.9 Å². The van der Waals surface area contributed by atoms with Crippen LogP contribution in [0.1, 0.15) is 61.7 Å². The maximum atomic E-state index is 14.0. The highest BCUT2D eigenvalue weighted by molar-refractivity contribution is 5.94. The molecular formula is C20H25FN2O4. The fraction of sp³-hybridized carbons (Fsp3) is 0.550. The SMILES string of the molecule is O=C(O)c1ccc(NC(=O)C2CCC(NC(=O)C3CCCC3)CC2)c(F)c1. The van der Waals surface area contributed by atoms with Crippen LogP contribution < -0.4 is 10.6 Å². The molecule has 2 aliphatic rings. The second-order valence-corrected chi connectivity index (χ2v) is 7.53. The van der Waals surface area contributed by atoms with Gasteiger partial charge in [0.05, 0.1) is 11.3 Å². The van der Waals surface area contributed by atoms with Gasteiger partial charge in [0.25, 0.3) is 0 Å². The standard InChI is InChI=1S/C20H25FN2O4/c21-16-11-14(20(26)27)7-10-17(16)23-19(25)13-5-8-15(9-6-13)22-18(24)12-3-1-2-4-12/h7,10-13,15H,1-6,8-9H2,(H,22,24)(H,23,25)(H,26,27). The van der Waals surface area contributed by atoms with Crippen molar-refractivity contribution in [3.05, 3.63) is 29.6 Å². The Morgan fingerprint density at radius 2 is 1.56 bits per heavy atom. The molecule has 2 amide bonds. The minimum Gasteiger partial charge on any atom is -0.478 e. The molecule has 0 saturated heterocycles. The van der Waals surface area contributed by atoms with Crippen LogP contribution >= 0.6 is 0 Å². The van der Waals surface area contributed by atoms with E-state index in [9.17, 15) is 18.8 Å². The van der Waals surface area contributed by atoms with Crippen LogP contribution in [-0.4, -0.2) is 28.9 Å². The van der Waals surface area contributed by atoms with Crippen LogP contribution in [0.2, 0.25) is 0 Å². The summed E-state index contributed by atoms with van der Waals surface area (Å²) >= 11 is 0. The lowest BCUT2D eigenvalue weighted by atomic mass is 9.85. The third kappa shape index (κ3) is 4.84. The molecule has 3 rings (SSSR count). The molecule has 0 bridgehead atoms. The minimum atomic E-state index is -1.22. The van der Waals surface area contributed by atoms with Crippen molar-refractivity contribution in [2.24, 2.45) is 11.8 Å². The van der Waals surface area contributed by atoms with E-state index in [2.05, 4.69) is 10.6 Å². The summed E-state index contributed by atoms with van der Waals surface area (Å²) in [4.78, 5) is 35.4. The van der Waals surface area contributed by atoms with Crippen molar-refractivity contribution in [3.63, 3.8) is 0 Å². The first kappa shape index (κ1) is 19.3. The normalized spacial score (nSPS) is 23.0. The van der Waals surface area contributed by atoms with E-state index in [4.69, 9.17) is 5.11 Å². The van der Waals surface area contributed by atoms with Crippen molar-refractivity contribution >= 4 is 23.5 Å². The average Bonchev–Trinajstić information content (AvgIpc) is 3.18. The molecule has 2 aliphatic carbocycles. The van der Waals surface area contributed by atoms with E-state index >= 15 is 0 Å². The van der Waals surface area contributed by atoms with Gasteiger partial charge in [0.1, 0.15) is 5.82 Å². The van der Waals surface area contributed by atoms with Crippen molar-refractivity contribution in [2.75, 3.05) is 5.32 Å². The van der Waals surface area contributed by atoms with E-state index in [1.807, 2.05) is 0 Å². The zero-order valence-corrected chi connectivity index (χ0v) is 15.2. The predicted octanol–water partition coefficient (Wildman–Crippen LogP) is 3.33. The Morgan fingerprint density at radius 3 is 2.15 bits per heavy atom. The van der Waals surface area contributed by atoms with Crippen LogP contribution in [0.15, 0.2) is 18.2 Å². The van der Waals surface area contributed by atoms with Gasteiger partial charge in [0, 0.05) is 17.9 Å². The number of carboxylic acids is 1. The first-order valence-electron chi connectivity index (χ1n) is 9.58. The van der Waals surface area contributed by atoms with Gasteiger partial charge in [-0.25, -0.2) is 9.18 Å². The monoisotopic (exact) mass is 376 g/mol. The number of hydrogen-bond acceptors (Lipinski definition) is 3. The van der Waals surface area contributed by atoms with Gasteiger partial charge < -0.3 is 15.7 Å². The molecule has 0 radical (unpaired) electrons. The number of halogens is 1. The van der Waals surface area contributed by atoms with E-state index in [1.165, 1.54) is 12.1 Å². The Kier molecular flexibility index (Phi) is 6.08. The topological polar surface area (TPSA) is 95.5 Å². The highest BCUT2D eigenvalue weighted by Crippen LogP contribution is 2.28. The van der Waals surface area contributed by atoms with Crippen LogP contribution in [0.3, 0.4) is 0 Å². The molecule has 1 aromatic carbocycles. The van der Waals surface area contributed by atoms with Gasteiger partial charge >= 0.3 is 5.97 Å². The van der Waals surface area contributed by atoms with Crippen LogP contribution in [0.4, 0.5) is 10.1 Å². The molecule has 0 aromatic heterocycles. The van der Waals surface area contributed by atoms with E-state index in [0.29, 0.717) is 12.8 Å². The molecule has 1 aromatic rings. The maximum Gasteiger partial charge on any atom is 0.335 e. The molecule has 0 spiro atoms. The number of rotatable bonds is 5. The largest absolute Gasteiger partial charge is 0.478 e. The Labute approximate surface area is 157 Å².